The van der Waals surface area contributed by atoms with Crippen molar-refractivity contribution in [2.24, 2.45) is 0 Å². The lowest BCUT2D eigenvalue weighted by Gasteiger charge is -2.12. The molecule has 1 aromatic heterocycles. The van der Waals surface area contributed by atoms with E-state index in [-0.39, 0.29) is 5.78 Å². The van der Waals surface area contributed by atoms with Crippen LogP contribution in [-0.2, 0) is 16.1 Å². The molecule has 0 radical (unpaired) electrons. The molecule has 0 spiro atoms. The van der Waals surface area contributed by atoms with Crippen LogP contribution >= 0.6 is 0 Å². The Hall–Kier alpha value is -3.47. The van der Waals surface area contributed by atoms with Gasteiger partial charge in [-0.3, -0.25) is 9.48 Å². The molecule has 148 valence electrons. The van der Waals surface area contributed by atoms with Crippen molar-refractivity contribution in [3.8, 4) is 0 Å². The van der Waals surface area contributed by atoms with Gasteiger partial charge in [-0.2, -0.15) is 5.10 Å². The number of benzene rings is 2. The molecule has 5 heteroatoms. The summed E-state index contributed by atoms with van der Waals surface area (Å²) in [5, 5.41) is 4.29. The third-order valence-electron chi connectivity index (χ3n) is 4.71. The Labute approximate surface area is 170 Å². The van der Waals surface area contributed by atoms with Crippen LogP contribution in [0.2, 0.25) is 0 Å². The number of nitrogens with zero attached hydrogens (tertiary/aromatic N) is 2. The highest BCUT2D eigenvalue weighted by molar-refractivity contribution is 6.01. The van der Waals surface area contributed by atoms with Crippen molar-refractivity contribution in [1.29, 1.82) is 0 Å². The zero-order chi connectivity index (χ0) is 20.8. The zero-order valence-electron chi connectivity index (χ0n) is 16.8. The predicted octanol–water partition coefficient (Wildman–Crippen LogP) is 4.38. The van der Waals surface area contributed by atoms with Gasteiger partial charge in [0.25, 0.3) is 0 Å². The van der Waals surface area contributed by atoms with Gasteiger partial charge in [0.1, 0.15) is 0 Å². The fraction of sp³-hybridized carbons (Fsp3) is 0.208. The predicted molar refractivity (Wildman–Crippen MR) is 113 cm³/mol. The van der Waals surface area contributed by atoms with Gasteiger partial charge >= 0.3 is 5.97 Å². The van der Waals surface area contributed by atoms with Crippen molar-refractivity contribution in [2.45, 2.75) is 33.4 Å². The molecule has 0 aliphatic carbocycles. The number of carbonyl (C=O) groups excluding carboxylic acids is 2. The van der Waals surface area contributed by atoms with Gasteiger partial charge < -0.3 is 4.74 Å². The second-order valence-corrected chi connectivity index (χ2v) is 7.03. The van der Waals surface area contributed by atoms with Crippen molar-refractivity contribution in [1.82, 2.24) is 9.78 Å². The fourth-order valence-electron chi connectivity index (χ4n) is 2.88. The van der Waals surface area contributed by atoms with Crippen LogP contribution in [0.3, 0.4) is 0 Å². The summed E-state index contributed by atoms with van der Waals surface area (Å²) in [5.41, 5.74) is 4.61. The Morgan fingerprint density at radius 2 is 1.86 bits per heavy atom. The molecule has 1 atom stereocenters. The average molecular weight is 388 g/mol. The monoisotopic (exact) mass is 388 g/mol. The van der Waals surface area contributed by atoms with Crippen molar-refractivity contribution in [2.75, 3.05) is 0 Å². The van der Waals surface area contributed by atoms with Crippen molar-refractivity contribution < 1.29 is 14.3 Å². The van der Waals surface area contributed by atoms with E-state index in [0.29, 0.717) is 12.1 Å². The van der Waals surface area contributed by atoms with Crippen LogP contribution in [0.5, 0.6) is 0 Å². The molecule has 0 fully saturated rings. The topological polar surface area (TPSA) is 61.2 Å². The van der Waals surface area contributed by atoms with Crippen LogP contribution in [0.4, 0.5) is 0 Å². The number of ether oxygens (including phenoxy) is 1. The van der Waals surface area contributed by atoms with E-state index >= 15 is 0 Å². The molecule has 1 heterocycles. The largest absolute Gasteiger partial charge is 0.451 e. The van der Waals surface area contributed by atoms with Crippen molar-refractivity contribution in [3.63, 3.8) is 0 Å². The number of hydrogen-bond donors (Lipinski definition) is 0. The van der Waals surface area contributed by atoms with Gasteiger partial charge in [-0.1, -0.05) is 42.5 Å². The molecule has 0 unspecified atom stereocenters. The van der Waals surface area contributed by atoms with E-state index in [0.717, 1.165) is 22.3 Å². The fourth-order valence-corrected chi connectivity index (χ4v) is 2.88. The quantitative estimate of drug-likeness (QED) is 0.342. The molecule has 3 aromatic rings. The summed E-state index contributed by atoms with van der Waals surface area (Å²) in [4.78, 5) is 24.6. The Balaban J connectivity index is 1.56. The van der Waals surface area contributed by atoms with Gasteiger partial charge in [0.05, 0.1) is 12.7 Å². The Morgan fingerprint density at radius 1 is 1.10 bits per heavy atom. The molecule has 0 bridgehead atoms. The lowest BCUT2D eigenvalue weighted by molar-refractivity contribution is -0.140. The Morgan fingerprint density at radius 3 is 2.59 bits per heavy atom. The molecule has 0 N–H and O–H groups in total. The number of carbonyl (C=O) groups is 2. The second kappa shape index (κ2) is 9.15. The molecule has 0 aliphatic heterocycles. The van der Waals surface area contributed by atoms with Crippen LogP contribution in [-0.4, -0.2) is 27.6 Å². The second-order valence-electron chi connectivity index (χ2n) is 7.03. The number of esters is 1. The number of rotatable bonds is 7. The lowest BCUT2D eigenvalue weighted by Crippen LogP contribution is -2.23. The summed E-state index contributed by atoms with van der Waals surface area (Å²) in [6.45, 7) is 6.17. The van der Waals surface area contributed by atoms with Crippen molar-refractivity contribution in [3.05, 3.63) is 94.8 Å². The van der Waals surface area contributed by atoms with Gasteiger partial charge in [-0.25, -0.2) is 4.79 Å². The molecule has 0 amide bonds. The molecule has 3 rings (SSSR count). The normalized spacial score (nSPS) is 12.1. The van der Waals surface area contributed by atoms with E-state index in [1.165, 1.54) is 6.08 Å². The molecule has 2 aromatic carbocycles. The molecule has 0 aliphatic rings. The highest BCUT2D eigenvalue weighted by Crippen LogP contribution is 2.13. The number of aromatic nitrogens is 2. The van der Waals surface area contributed by atoms with Crippen LogP contribution < -0.4 is 0 Å². The summed E-state index contributed by atoms with van der Waals surface area (Å²) in [6, 6.07) is 15.5. The van der Waals surface area contributed by atoms with Gasteiger partial charge in [0.15, 0.2) is 6.10 Å². The van der Waals surface area contributed by atoms with E-state index in [2.05, 4.69) is 5.10 Å². The number of ketones is 1. The van der Waals surface area contributed by atoms with E-state index in [4.69, 9.17) is 4.74 Å². The zero-order valence-corrected chi connectivity index (χ0v) is 16.8. The van der Waals surface area contributed by atoms with Gasteiger partial charge in [0, 0.05) is 23.4 Å². The Kier molecular flexibility index (Phi) is 6.39. The van der Waals surface area contributed by atoms with Gasteiger partial charge in [0.2, 0.25) is 5.78 Å². The summed E-state index contributed by atoms with van der Waals surface area (Å²) < 4.78 is 7.06. The smallest absolute Gasteiger partial charge is 0.331 e. The maximum absolute atomic E-state index is 12.5. The number of aryl methyl sites for hydroxylation is 2. The standard InChI is InChI=1S/C24H24N2O3/c1-17-9-11-22(13-18(17)2)24(28)19(3)29-23(27)12-10-21-14-25-26(16-21)15-20-7-5-4-6-8-20/h4-14,16,19H,15H2,1-3H3/b12-10+/t19-/m1/s1. The first-order valence-electron chi connectivity index (χ1n) is 9.49. The minimum atomic E-state index is -0.852. The van der Waals surface area contributed by atoms with Crippen LogP contribution in [0, 0.1) is 13.8 Å². The molecular weight excluding hydrogens is 364 g/mol. The Bertz CT molecular complexity index is 1040. The molecule has 29 heavy (non-hydrogen) atoms. The molecular formula is C24H24N2O3. The third kappa shape index (κ3) is 5.51. The van der Waals surface area contributed by atoms with E-state index in [1.54, 1.807) is 29.9 Å². The van der Waals surface area contributed by atoms with Crippen LogP contribution in [0.1, 0.15) is 39.5 Å². The van der Waals surface area contributed by atoms with Gasteiger partial charge in [-0.15, -0.1) is 0 Å². The van der Waals surface area contributed by atoms with Crippen molar-refractivity contribution >= 4 is 17.8 Å². The average Bonchev–Trinajstić information content (AvgIpc) is 3.16. The summed E-state index contributed by atoms with van der Waals surface area (Å²) in [5.74, 6) is -0.781. The summed E-state index contributed by atoms with van der Waals surface area (Å²) >= 11 is 0. The maximum atomic E-state index is 12.5. The van der Waals surface area contributed by atoms with E-state index in [1.807, 2.05) is 62.5 Å². The molecule has 5 nitrogen and oxygen atoms in total. The van der Waals surface area contributed by atoms with Crippen LogP contribution in [0.15, 0.2) is 67.0 Å². The third-order valence-corrected chi connectivity index (χ3v) is 4.71. The number of Topliss-reactive ketones (excluding diaryl/α,β-unsaturated/α-hetero) is 1. The highest BCUT2D eigenvalue weighted by atomic mass is 16.5. The first-order chi connectivity index (χ1) is 13.9. The minimum Gasteiger partial charge on any atom is -0.451 e. The SMILES string of the molecule is Cc1ccc(C(=O)[C@@H](C)OC(=O)/C=C/c2cnn(Cc3ccccc3)c2)cc1C. The van der Waals surface area contributed by atoms with E-state index in [9.17, 15) is 9.59 Å². The first kappa shape index (κ1) is 20.3. The molecule has 0 saturated heterocycles. The maximum Gasteiger partial charge on any atom is 0.331 e. The summed E-state index contributed by atoms with van der Waals surface area (Å²) in [7, 11) is 0. The first-order valence-corrected chi connectivity index (χ1v) is 9.49. The molecule has 0 saturated carbocycles. The number of hydrogen-bond acceptors (Lipinski definition) is 4. The van der Waals surface area contributed by atoms with Crippen LogP contribution in [0.25, 0.3) is 6.08 Å². The lowest BCUT2D eigenvalue weighted by atomic mass is 10.0. The summed E-state index contributed by atoms with van der Waals surface area (Å²) in [6.07, 6.45) is 5.62. The van der Waals surface area contributed by atoms with E-state index < -0.39 is 12.1 Å². The minimum absolute atomic E-state index is 0.217. The highest BCUT2D eigenvalue weighted by Gasteiger charge is 2.18. The van der Waals surface area contributed by atoms with Gasteiger partial charge in [-0.05, 0) is 49.6 Å².